The highest BCUT2D eigenvalue weighted by molar-refractivity contribution is 6.24. The number of H-pyrrole nitrogens is 1. The van der Waals surface area contributed by atoms with Gasteiger partial charge in [-0.1, -0.05) is 26.2 Å². The molecular formula is C45H51F3N4O7. The van der Waals surface area contributed by atoms with Crippen molar-refractivity contribution in [3.05, 3.63) is 96.3 Å². The fourth-order valence-corrected chi connectivity index (χ4v) is 7.36. The van der Waals surface area contributed by atoms with Crippen LogP contribution in [0.2, 0.25) is 0 Å². The summed E-state index contributed by atoms with van der Waals surface area (Å²) in [5, 5.41) is 12.0. The number of nitrogens with zero attached hydrogens (tertiary/aromatic N) is 3. The van der Waals surface area contributed by atoms with Gasteiger partial charge >= 0.3 is 24.1 Å². The molecule has 0 amide bonds. The van der Waals surface area contributed by atoms with Crippen molar-refractivity contribution in [3.8, 4) is 0 Å². The number of fused-ring (bicyclic) bond motifs is 5. The number of rotatable bonds is 14. The molecule has 4 aliphatic heterocycles. The fourth-order valence-electron chi connectivity index (χ4n) is 7.36. The van der Waals surface area contributed by atoms with Gasteiger partial charge < -0.3 is 24.3 Å². The zero-order valence-corrected chi connectivity index (χ0v) is 34.8. The molecule has 0 aromatic carbocycles. The topological polar surface area (TPSA) is 152 Å². The van der Waals surface area contributed by atoms with Crippen LogP contribution in [0.3, 0.4) is 0 Å². The molecule has 2 N–H and O–H groups in total. The SMILES string of the molecule is CCCCCC/C(O)=C/C=c1/c(C)c2[nH]c1=CC1=NC(=CC3=NC(=CC4=NC(=C2)C(C)=C4CCC(=O)OC)C(CCC(=O)OC)=C3C)C(C(OC(C)=O)C(F)(F)F)=C1C. The maximum Gasteiger partial charge on any atom is 0.429 e. The van der Waals surface area contributed by atoms with Crippen molar-refractivity contribution in [2.24, 2.45) is 15.0 Å². The Labute approximate surface area is 341 Å². The Morgan fingerprint density at radius 1 is 0.780 bits per heavy atom. The third-order valence-electron chi connectivity index (χ3n) is 10.7. The third kappa shape index (κ3) is 10.3. The quantitative estimate of drug-likeness (QED) is 0.0833. The van der Waals surface area contributed by atoms with Gasteiger partial charge in [0.05, 0.1) is 54.2 Å². The molecule has 14 heteroatoms. The largest absolute Gasteiger partial charge is 0.512 e. The molecule has 1 unspecified atom stereocenters. The number of esters is 3. The van der Waals surface area contributed by atoms with Gasteiger partial charge in [-0.3, -0.25) is 14.4 Å². The molecule has 0 fully saturated rings. The van der Waals surface area contributed by atoms with Crippen molar-refractivity contribution < 1.29 is 46.9 Å². The molecule has 5 heterocycles. The predicted octanol–water partition coefficient (Wildman–Crippen LogP) is 8.13. The van der Waals surface area contributed by atoms with Crippen LogP contribution in [0.25, 0.3) is 18.2 Å². The van der Waals surface area contributed by atoms with Crippen LogP contribution in [0.4, 0.5) is 13.2 Å². The van der Waals surface area contributed by atoms with Crippen LogP contribution in [-0.4, -0.2) is 71.6 Å². The second-order valence-corrected chi connectivity index (χ2v) is 14.8. The molecule has 1 aromatic rings. The Hall–Kier alpha value is -5.79. The van der Waals surface area contributed by atoms with E-state index in [0.717, 1.165) is 49.3 Å². The lowest BCUT2D eigenvalue weighted by atomic mass is 9.95. The minimum absolute atomic E-state index is 0.00504. The van der Waals surface area contributed by atoms with E-state index in [1.165, 1.54) is 27.2 Å². The van der Waals surface area contributed by atoms with Crippen molar-refractivity contribution in [2.45, 2.75) is 112 Å². The van der Waals surface area contributed by atoms with Gasteiger partial charge in [0.1, 0.15) is 0 Å². The number of carbonyl (C=O) groups excluding carboxylic acids is 3. The predicted molar refractivity (Wildman–Crippen MR) is 222 cm³/mol. The molecule has 0 saturated heterocycles. The number of hydrogen-bond acceptors (Lipinski definition) is 10. The Morgan fingerprint density at radius 3 is 2.02 bits per heavy atom. The number of aliphatic hydroxyl groups excluding tert-OH is 1. The van der Waals surface area contributed by atoms with Crippen LogP contribution < -0.4 is 10.6 Å². The lowest BCUT2D eigenvalue weighted by Crippen LogP contribution is -2.36. The monoisotopic (exact) mass is 816 g/mol. The maximum absolute atomic E-state index is 14.8. The minimum Gasteiger partial charge on any atom is -0.512 e. The van der Waals surface area contributed by atoms with E-state index in [1.54, 1.807) is 31.2 Å². The summed E-state index contributed by atoms with van der Waals surface area (Å²) in [5.41, 5.74) is 5.93. The number of methoxy groups -OCH3 is 2. The number of aromatic amines is 1. The number of unbranched alkanes of at least 4 members (excludes halogenated alkanes) is 3. The first-order valence-corrected chi connectivity index (χ1v) is 19.7. The molecule has 0 spiro atoms. The summed E-state index contributed by atoms with van der Waals surface area (Å²) < 4.78 is 59.3. The van der Waals surface area contributed by atoms with Gasteiger partial charge in [0.2, 0.25) is 6.10 Å². The summed E-state index contributed by atoms with van der Waals surface area (Å²) in [6.45, 7) is 10.1. The number of carbonyl (C=O) groups is 3. The summed E-state index contributed by atoms with van der Waals surface area (Å²) in [5.74, 6) is -1.79. The first-order chi connectivity index (χ1) is 28.0. The fraction of sp³-hybridized carbons (Fsp3) is 0.422. The molecule has 59 heavy (non-hydrogen) atoms. The van der Waals surface area contributed by atoms with Gasteiger partial charge in [0, 0.05) is 48.0 Å². The van der Waals surface area contributed by atoms with E-state index in [-0.39, 0.29) is 53.3 Å². The first kappa shape index (κ1) is 44.3. The van der Waals surface area contributed by atoms with E-state index >= 15 is 0 Å². The minimum atomic E-state index is -4.99. The summed E-state index contributed by atoms with van der Waals surface area (Å²) in [4.78, 5) is 54.9. The van der Waals surface area contributed by atoms with Crippen LogP contribution in [0.1, 0.15) is 104 Å². The van der Waals surface area contributed by atoms with Crippen LogP contribution in [0.15, 0.2) is 89.5 Å². The molecule has 0 saturated carbocycles. The molecule has 0 aliphatic carbocycles. The van der Waals surface area contributed by atoms with Gasteiger partial charge in [-0.05, 0) is 117 Å². The number of alkyl halides is 3. The molecule has 4 aliphatic rings. The standard InChI is InChI=1S/C45H51F3N4O7/c1-9-10-11-12-13-29(54)14-15-30-24(2)33-20-34-25(3)31(16-18-41(55)57-7)38(50-34)23-39-32(17-19-42(56)58-8)26(4)35(51-39)22-40-43(44(45(46,47)48)59-28(6)53)27(5)36(52-40)21-37(30)49-33/h14-15,20-23,44,49,54H,9-13,16-19H2,1-8H3/b29-14-,30-15-,34-20?,37-21?,39-23?,40-22?. The van der Waals surface area contributed by atoms with E-state index in [1.807, 2.05) is 19.9 Å². The van der Waals surface area contributed by atoms with Crippen molar-refractivity contribution in [1.82, 2.24) is 4.98 Å². The van der Waals surface area contributed by atoms with Crippen LogP contribution in [0, 0.1) is 6.92 Å². The molecule has 0 radical (unpaired) electrons. The average molecular weight is 817 g/mol. The highest BCUT2D eigenvalue weighted by Gasteiger charge is 2.48. The number of ether oxygens (including phenoxy) is 3. The van der Waals surface area contributed by atoms with Crippen LogP contribution >= 0.6 is 0 Å². The molecular weight excluding hydrogens is 766 g/mol. The van der Waals surface area contributed by atoms with Crippen LogP contribution in [-0.2, 0) is 28.6 Å². The molecule has 5 rings (SSSR count). The number of aliphatic imine (C=N–C) groups is 3. The second-order valence-electron chi connectivity index (χ2n) is 14.8. The van der Waals surface area contributed by atoms with E-state index in [0.29, 0.717) is 57.4 Å². The van der Waals surface area contributed by atoms with E-state index in [9.17, 15) is 32.7 Å². The number of nitrogens with one attached hydrogen (secondary N) is 1. The zero-order valence-electron chi connectivity index (χ0n) is 34.8. The summed E-state index contributed by atoms with van der Waals surface area (Å²) in [7, 11) is 2.60. The highest BCUT2D eigenvalue weighted by atomic mass is 19.4. The number of aliphatic hydroxyl groups is 1. The summed E-state index contributed by atoms with van der Waals surface area (Å²) in [6, 6.07) is 0. The van der Waals surface area contributed by atoms with Crippen molar-refractivity contribution >= 4 is 53.3 Å². The van der Waals surface area contributed by atoms with E-state index in [2.05, 4.69) is 11.9 Å². The Kier molecular flexibility index (Phi) is 14.2. The van der Waals surface area contributed by atoms with E-state index in [4.69, 9.17) is 29.2 Å². The number of allylic oxidation sites excluding steroid dienone is 9. The first-order valence-electron chi connectivity index (χ1n) is 19.7. The highest BCUT2D eigenvalue weighted by Crippen LogP contribution is 2.40. The number of halogens is 3. The van der Waals surface area contributed by atoms with E-state index < -0.39 is 30.2 Å². The molecule has 1 atom stereocenters. The smallest absolute Gasteiger partial charge is 0.429 e. The van der Waals surface area contributed by atoms with Gasteiger partial charge in [0.25, 0.3) is 0 Å². The molecule has 8 bridgehead atoms. The van der Waals surface area contributed by atoms with Crippen LogP contribution in [0.5, 0.6) is 0 Å². The average Bonchev–Trinajstić information content (AvgIpc) is 3.85. The maximum atomic E-state index is 14.8. The second kappa shape index (κ2) is 18.9. The lowest BCUT2D eigenvalue weighted by molar-refractivity contribution is -0.209. The lowest BCUT2D eigenvalue weighted by Gasteiger charge is -2.22. The van der Waals surface area contributed by atoms with Gasteiger partial charge in [-0.15, -0.1) is 0 Å². The number of hydrogen-bond donors (Lipinski definition) is 2. The molecule has 11 nitrogen and oxygen atoms in total. The Balaban J connectivity index is 1.84. The molecule has 1 aromatic heterocycles. The van der Waals surface area contributed by atoms with Gasteiger partial charge in [-0.25, -0.2) is 15.0 Å². The van der Waals surface area contributed by atoms with Crippen molar-refractivity contribution in [1.29, 1.82) is 0 Å². The van der Waals surface area contributed by atoms with Gasteiger partial charge in [-0.2, -0.15) is 13.2 Å². The summed E-state index contributed by atoms with van der Waals surface area (Å²) >= 11 is 0. The normalized spacial score (nSPS) is 17.6. The third-order valence-corrected chi connectivity index (χ3v) is 10.7. The van der Waals surface area contributed by atoms with Crippen molar-refractivity contribution in [3.63, 3.8) is 0 Å². The Morgan fingerprint density at radius 2 is 1.39 bits per heavy atom. The van der Waals surface area contributed by atoms with Crippen molar-refractivity contribution in [2.75, 3.05) is 14.2 Å². The Bertz CT molecular complexity index is 2380. The molecule has 314 valence electrons. The van der Waals surface area contributed by atoms with Gasteiger partial charge in [0.15, 0.2) is 0 Å². The summed E-state index contributed by atoms with van der Waals surface area (Å²) in [6.07, 6.45) is 7.44. The zero-order chi connectivity index (χ0) is 43.2. The number of aromatic nitrogens is 1.